The van der Waals surface area contributed by atoms with E-state index in [1.807, 2.05) is 0 Å². The molecule has 1 N–H and O–H groups in total. The lowest BCUT2D eigenvalue weighted by atomic mass is 10.0. The summed E-state index contributed by atoms with van der Waals surface area (Å²) in [6.45, 7) is 16.2. The van der Waals surface area contributed by atoms with Crippen LogP contribution < -0.4 is 5.32 Å². The average molecular weight is 228 g/mol. The molecule has 98 valence electrons. The van der Waals surface area contributed by atoms with Crippen LogP contribution in [0.25, 0.3) is 0 Å². The summed E-state index contributed by atoms with van der Waals surface area (Å²) in [4.78, 5) is 2.66. The Morgan fingerprint density at radius 1 is 0.938 bits per heavy atom. The van der Waals surface area contributed by atoms with Crippen molar-refractivity contribution in [3.05, 3.63) is 0 Å². The molecule has 0 aromatic carbocycles. The van der Waals surface area contributed by atoms with E-state index in [2.05, 4.69) is 44.8 Å². The molecule has 0 fully saturated rings. The average Bonchev–Trinajstić information content (AvgIpc) is 2.24. The summed E-state index contributed by atoms with van der Waals surface area (Å²) in [5.41, 5.74) is 0. The quantitative estimate of drug-likeness (QED) is 0.578. The molecule has 1 atom stereocenters. The fraction of sp³-hybridized carbons (Fsp3) is 1.00. The summed E-state index contributed by atoms with van der Waals surface area (Å²) < 4.78 is 0. The van der Waals surface area contributed by atoms with Crippen LogP contribution in [0.2, 0.25) is 0 Å². The third-order valence-electron chi connectivity index (χ3n) is 3.04. The lowest BCUT2D eigenvalue weighted by Crippen LogP contribution is -2.46. The van der Waals surface area contributed by atoms with Gasteiger partial charge in [-0.05, 0) is 44.8 Å². The van der Waals surface area contributed by atoms with Gasteiger partial charge in [0.25, 0.3) is 0 Å². The van der Waals surface area contributed by atoms with Crippen molar-refractivity contribution in [2.45, 2.75) is 59.9 Å². The van der Waals surface area contributed by atoms with Gasteiger partial charge in [-0.25, -0.2) is 0 Å². The Morgan fingerprint density at radius 2 is 1.50 bits per heavy atom. The van der Waals surface area contributed by atoms with Gasteiger partial charge >= 0.3 is 0 Å². The second-order valence-electron chi connectivity index (χ2n) is 5.05. The Hall–Kier alpha value is -0.0800. The van der Waals surface area contributed by atoms with Crippen molar-refractivity contribution < 1.29 is 0 Å². The SMILES string of the molecule is CCCNCC(C(C)C)N(CCC)CCC. The highest BCUT2D eigenvalue weighted by molar-refractivity contribution is 4.76. The third kappa shape index (κ3) is 6.49. The minimum absolute atomic E-state index is 0.700. The van der Waals surface area contributed by atoms with Crippen molar-refractivity contribution in [3.8, 4) is 0 Å². The molecule has 2 heteroatoms. The Labute approximate surface area is 103 Å². The molecule has 0 aromatic rings. The summed E-state index contributed by atoms with van der Waals surface area (Å²) in [5.74, 6) is 0.738. The van der Waals surface area contributed by atoms with E-state index in [1.165, 1.54) is 32.4 Å². The highest BCUT2D eigenvalue weighted by Gasteiger charge is 2.19. The largest absolute Gasteiger partial charge is 0.315 e. The van der Waals surface area contributed by atoms with E-state index in [0.717, 1.165) is 19.0 Å². The molecule has 0 rings (SSSR count). The van der Waals surface area contributed by atoms with Crippen molar-refractivity contribution in [2.75, 3.05) is 26.2 Å². The predicted molar refractivity (Wildman–Crippen MR) is 73.9 cm³/mol. The van der Waals surface area contributed by atoms with Gasteiger partial charge in [-0.15, -0.1) is 0 Å². The number of nitrogens with zero attached hydrogens (tertiary/aromatic N) is 1. The first-order chi connectivity index (χ1) is 7.67. The second-order valence-corrected chi connectivity index (χ2v) is 5.05. The summed E-state index contributed by atoms with van der Waals surface area (Å²) in [5, 5.41) is 3.57. The number of rotatable bonds is 10. The van der Waals surface area contributed by atoms with E-state index >= 15 is 0 Å². The highest BCUT2D eigenvalue weighted by atomic mass is 15.2. The lowest BCUT2D eigenvalue weighted by Gasteiger charge is -2.34. The number of hydrogen-bond acceptors (Lipinski definition) is 2. The van der Waals surface area contributed by atoms with Gasteiger partial charge in [-0.2, -0.15) is 0 Å². The van der Waals surface area contributed by atoms with E-state index in [4.69, 9.17) is 0 Å². The normalized spacial score (nSPS) is 13.7. The van der Waals surface area contributed by atoms with Crippen molar-refractivity contribution in [1.29, 1.82) is 0 Å². The van der Waals surface area contributed by atoms with Gasteiger partial charge in [0.2, 0.25) is 0 Å². The smallest absolute Gasteiger partial charge is 0.0243 e. The molecule has 0 saturated carbocycles. The van der Waals surface area contributed by atoms with Crippen LogP contribution >= 0.6 is 0 Å². The van der Waals surface area contributed by atoms with Crippen LogP contribution in [0.15, 0.2) is 0 Å². The third-order valence-corrected chi connectivity index (χ3v) is 3.04. The first-order valence-electron chi connectivity index (χ1n) is 7.12. The van der Waals surface area contributed by atoms with Crippen LogP contribution in [0.3, 0.4) is 0 Å². The Morgan fingerprint density at radius 3 is 1.88 bits per heavy atom. The van der Waals surface area contributed by atoms with E-state index in [-0.39, 0.29) is 0 Å². The molecule has 0 aliphatic heterocycles. The molecule has 0 radical (unpaired) electrons. The van der Waals surface area contributed by atoms with Gasteiger partial charge in [0.05, 0.1) is 0 Å². The van der Waals surface area contributed by atoms with E-state index in [0.29, 0.717) is 6.04 Å². The maximum Gasteiger partial charge on any atom is 0.0243 e. The van der Waals surface area contributed by atoms with Crippen LogP contribution in [0, 0.1) is 5.92 Å². The zero-order valence-electron chi connectivity index (χ0n) is 12.1. The van der Waals surface area contributed by atoms with Gasteiger partial charge in [0.15, 0.2) is 0 Å². The Kier molecular flexibility index (Phi) is 10.0. The molecule has 0 aliphatic rings. The summed E-state index contributed by atoms with van der Waals surface area (Å²) in [6.07, 6.45) is 3.75. The predicted octanol–water partition coefficient (Wildman–Crippen LogP) is 3.13. The first-order valence-corrected chi connectivity index (χ1v) is 7.12. The van der Waals surface area contributed by atoms with Gasteiger partial charge in [0.1, 0.15) is 0 Å². The van der Waals surface area contributed by atoms with Crippen molar-refractivity contribution in [3.63, 3.8) is 0 Å². The maximum atomic E-state index is 3.57. The van der Waals surface area contributed by atoms with Crippen LogP contribution in [-0.4, -0.2) is 37.1 Å². The van der Waals surface area contributed by atoms with Gasteiger partial charge < -0.3 is 5.32 Å². The topological polar surface area (TPSA) is 15.3 Å². The number of hydrogen-bond donors (Lipinski definition) is 1. The van der Waals surface area contributed by atoms with Crippen LogP contribution in [0.4, 0.5) is 0 Å². The molecular weight excluding hydrogens is 196 g/mol. The molecular formula is C14H32N2. The fourth-order valence-corrected chi connectivity index (χ4v) is 2.23. The highest BCUT2D eigenvalue weighted by Crippen LogP contribution is 2.11. The van der Waals surface area contributed by atoms with Gasteiger partial charge in [-0.3, -0.25) is 4.90 Å². The standard InChI is InChI=1S/C14H32N2/c1-6-9-15-12-14(13(4)5)16(10-7-2)11-8-3/h13-15H,6-12H2,1-5H3. The summed E-state index contributed by atoms with van der Waals surface area (Å²) in [7, 11) is 0. The minimum Gasteiger partial charge on any atom is -0.315 e. The second kappa shape index (κ2) is 10.1. The Bertz CT molecular complexity index is 140. The molecule has 0 spiro atoms. The molecule has 16 heavy (non-hydrogen) atoms. The summed E-state index contributed by atoms with van der Waals surface area (Å²) >= 11 is 0. The molecule has 0 heterocycles. The van der Waals surface area contributed by atoms with Crippen molar-refractivity contribution in [2.24, 2.45) is 5.92 Å². The molecule has 0 bridgehead atoms. The monoisotopic (exact) mass is 228 g/mol. The van der Waals surface area contributed by atoms with Crippen molar-refractivity contribution >= 4 is 0 Å². The van der Waals surface area contributed by atoms with Gasteiger partial charge in [0, 0.05) is 12.6 Å². The molecule has 2 nitrogen and oxygen atoms in total. The minimum atomic E-state index is 0.700. The molecule has 1 unspecified atom stereocenters. The maximum absolute atomic E-state index is 3.57. The van der Waals surface area contributed by atoms with Crippen molar-refractivity contribution in [1.82, 2.24) is 10.2 Å². The Balaban J connectivity index is 4.20. The van der Waals surface area contributed by atoms with Crippen LogP contribution in [0.1, 0.15) is 53.9 Å². The lowest BCUT2D eigenvalue weighted by molar-refractivity contribution is 0.151. The van der Waals surface area contributed by atoms with E-state index < -0.39 is 0 Å². The summed E-state index contributed by atoms with van der Waals surface area (Å²) in [6, 6.07) is 0.700. The molecule has 0 aromatic heterocycles. The first kappa shape index (κ1) is 15.9. The van der Waals surface area contributed by atoms with Gasteiger partial charge in [-0.1, -0.05) is 34.6 Å². The number of nitrogens with one attached hydrogen (secondary N) is 1. The van der Waals surface area contributed by atoms with E-state index in [1.54, 1.807) is 0 Å². The van der Waals surface area contributed by atoms with Crippen LogP contribution in [-0.2, 0) is 0 Å². The zero-order valence-corrected chi connectivity index (χ0v) is 12.1. The zero-order chi connectivity index (χ0) is 12.4. The molecule has 0 aliphatic carbocycles. The molecule has 0 saturated heterocycles. The van der Waals surface area contributed by atoms with Crippen LogP contribution in [0.5, 0.6) is 0 Å². The fourth-order valence-electron chi connectivity index (χ4n) is 2.23. The molecule has 0 amide bonds. The van der Waals surface area contributed by atoms with E-state index in [9.17, 15) is 0 Å².